The van der Waals surface area contributed by atoms with Gasteiger partial charge in [0.2, 0.25) is 0 Å². The van der Waals surface area contributed by atoms with Gasteiger partial charge in [0.25, 0.3) is 5.91 Å². The van der Waals surface area contributed by atoms with Gasteiger partial charge in [-0.15, -0.1) is 5.10 Å². The molecule has 0 radical (unpaired) electrons. The highest BCUT2D eigenvalue weighted by atomic mass is 32.1. The molecule has 1 fully saturated rings. The van der Waals surface area contributed by atoms with Crippen LogP contribution in [0.1, 0.15) is 22.3 Å². The van der Waals surface area contributed by atoms with Gasteiger partial charge in [0.05, 0.1) is 18.0 Å². The first-order chi connectivity index (χ1) is 11.2. The number of benzene rings is 1. The van der Waals surface area contributed by atoms with Gasteiger partial charge in [-0.25, -0.2) is 0 Å². The zero-order valence-corrected chi connectivity index (χ0v) is 14.2. The molecule has 0 saturated carbocycles. The summed E-state index contributed by atoms with van der Waals surface area (Å²) in [6, 6.07) is 8.05. The van der Waals surface area contributed by atoms with Gasteiger partial charge in [-0.3, -0.25) is 4.79 Å². The number of aryl methyl sites for hydroxylation is 1. The Morgan fingerprint density at radius 2 is 2.00 bits per heavy atom. The Kier molecular flexibility index (Phi) is 4.76. The predicted octanol–water partition coefficient (Wildman–Crippen LogP) is 2.21. The van der Waals surface area contributed by atoms with Crippen LogP contribution in [-0.2, 0) is 0 Å². The molecule has 1 aliphatic heterocycles. The van der Waals surface area contributed by atoms with Crippen molar-refractivity contribution in [2.45, 2.75) is 13.8 Å². The first-order valence-corrected chi connectivity index (χ1v) is 8.53. The number of nitrogens with zero attached hydrogens (tertiary/aromatic N) is 4. The molecule has 0 N–H and O–H groups in total. The summed E-state index contributed by atoms with van der Waals surface area (Å²) in [6.07, 6.45) is 0. The van der Waals surface area contributed by atoms with E-state index in [1.807, 2.05) is 36.9 Å². The zero-order valence-electron chi connectivity index (χ0n) is 13.4. The van der Waals surface area contributed by atoms with Crippen LogP contribution in [0.3, 0.4) is 0 Å². The van der Waals surface area contributed by atoms with E-state index in [2.05, 4.69) is 20.6 Å². The van der Waals surface area contributed by atoms with Crippen LogP contribution in [0.15, 0.2) is 24.3 Å². The van der Waals surface area contributed by atoms with Crippen LogP contribution in [0.5, 0.6) is 5.75 Å². The summed E-state index contributed by atoms with van der Waals surface area (Å²) >= 11 is 1.17. The number of piperazine rings is 1. The van der Waals surface area contributed by atoms with Crippen molar-refractivity contribution in [1.82, 2.24) is 14.5 Å². The number of hydrogen-bond donors (Lipinski definition) is 0. The van der Waals surface area contributed by atoms with Crippen LogP contribution < -0.4 is 9.64 Å². The van der Waals surface area contributed by atoms with Crippen molar-refractivity contribution >= 4 is 23.1 Å². The molecule has 2 heterocycles. The lowest BCUT2D eigenvalue weighted by atomic mass is 10.2. The van der Waals surface area contributed by atoms with Gasteiger partial charge in [0, 0.05) is 26.2 Å². The molecule has 122 valence electrons. The lowest BCUT2D eigenvalue weighted by molar-refractivity contribution is 0.0750. The monoisotopic (exact) mass is 332 g/mol. The van der Waals surface area contributed by atoms with Crippen molar-refractivity contribution in [3.8, 4) is 5.75 Å². The number of carbonyl (C=O) groups is 1. The van der Waals surface area contributed by atoms with Crippen LogP contribution in [-0.4, -0.2) is 53.2 Å². The Morgan fingerprint density at radius 3 is 2.65 bits per heavy atom. The molecule has 6 nitrogen and oxygen atoms in total. The SMILES string of the molecule is CCOc1ccccc1N1CCN(C(=O)c2snnc2C)CC1. The molecule has 7 heteroatoms. The van der Waals surface area contributed by atoms with Gasteiger partial charge < -0.3 is 14.5 Å². The van der Waals surface area contributed by atoms with E-state index in [1.165, 1.54) is 11.5 Å². The number of amides is 1. The van der Waals surface area contributed by atoms with Crippen LogP contribution in [0.25, 0.3) is 0 Å². The Labute approximate surface area is 139 Å². The molecular weight excluding hydrogens is 312 g/mol. The molecule has 2 aromatic rings. The maximum Gasteiger partial charge on any atom is 0.267 e. The van der Waals surface area contributed by atoms with Crippen LogP contribution >= 0.6 is 11.5 Å². The minimum absolute atomic E-state index is 0.0373. The predicted molar refractivity (Wildman–Crippen MR) is 90.4 cm³/mol. The maximum atomic E-state index is 12.5. The summed E-state index contributed by atoms with van der Waals surface area (Å²) in [5.74, 6) is 0.938. The largest absolute Gasteiger partial charge is 0.492 e. The molecule has 0 aliphatic carbocycles. The third-order valence-electron chi connectivity index (χ3n) is 3.92. The van der Waals surface area contributed by atoms with Gasteiger partial charge in [-0.2, -0.15) is 0 Å². The smallest absolute Gasteiger partial charge is 0.267 e. The van der Waals surface area contributed by atoms with Gasteiger partial charge in [-0.1, -0.05) is 16.6 Å². The molecule has 1 aromatic heterocycles. The van der Waals surface area contributed by atoms with E-state index in [1.54, 1.807) is 0 Å². The fourth-order valence-electron chi connectivity index (χ4n) is 2.72. The van der Waals surface area contributed by atoms with Gasteiger partial charge in [-0.05, 0) is 37.5 Å². The summed E-state index contributed by atoms with van der Waals surface area (Å²) in [5, 5.41) is 3.92. The molecule has 0 unspecified atom stereocenters. The minimum atomic E-state index is 0.0373. The fourth-order valence-corrected chi connectivity index (χ4v) is 3.34. The number of rotatable bonds is 4. The second-order valence-corrected chi connectivity index (χ2v) is 6.12. The van der Waals surface area contributed by atoms with Gasteiger partial charge >= 0.3 is 0 Å². The van der Waals surface area contributed by atoms with E-state index >= 15 is 0 Å². The minimum Gasteiger partial charge on any atom is -0.492 e. The van der Waals surface area contributed by atoms with Crippen LogP contribution in [0.2, 0.25) is 0 Å². The van der Waals surface area contributed by atoms with Crippen molar-refractivity contribution in [2.75, 3.05) is 37.7 Å². The van der Waals surface area contributed by atoms with Crippen molar-refractivity contribution in [3.63, 3.8) is 0 Å². The lowest BCUT2D eigenvalue weighted by Gasteiger charge is -2.36. The standard InChI is InChI=1S/C16H20N4O2S/c1-3-22-14-7-5-4-6-13(14)19-8-10-20(11-9-19)16(21)15-12(2)17-18-23-15/h4-7H,3,8-11H2,1-2H3. The highest BCUT2D eigenvalue weighted by molar-refractivity contribution is 7.07. The molecule has 0 bridgehead atoms. The number of carbonyl (C=O) groups excluding carboxylic acids is 1. The van der Waals surface area contributed by atoms with Crippen molar-refractivity contribution < 1.29 is 9.53 Å². The summed E-state index contributed by atoms with van der Waals surface area (Å²) in [4.78, 5) is 17.3. The summed E-state index contributed by atoms with van der Waals surface area (Å²) < 4.78 is 9.55. The van der Waals surface area contributed by atoms with Crippen molar-refractivity contribution in [1.29, 1.82) is 0 Å². The quantitative estimate of drug-likeness (QED) is 0.859. The molecule has 3 rings (SSSR count). The Bertz CT molecular complexity index is 680. The first kappa shape index (κ1) is 15.7. The number of aromatic nitrogens is 2. The van der Waals surface area contributed by atoms with Gasteiger partial charge in [0.1, 0.15) is 10.6 Å². The van der Waals surface area contributed by atoms with E-state index in [0.29, 0.717) is 30.3 Å². The Morgan fingerprint density at radius 1 is 1.26 bits per heavy atom. The van der Waals surface area contributed by atoms with E-state index in [9.17, 15) is 4.79 Å². The third kappa shape index (κ3) is 3.29. The summed E-state index contributed by atoms with van der Waals surface area (Å²) in [5.41, 5.74) is 1.81. The second-order valence-electron chi connectivity index (χ2n) is 5.37. The average molecular weight is 332 g/mol. The molecule has 1 amide bonds. The number of ether oxygens (including phenoxy) is 1. The van der Waals surface area contributed by atoms with E-state index in [0.717, 1.165) is 24.5 Å². The molecule has 23 heavy (non-hydrogen) atoms. The van der Waals surface area contributed by atoms with Gasteiger partial charge in [0.15, 0.2) is 0 Å². The average Bonchev–Trinajstić information content (AvgIpc) is 3.01. The molecule has 1 aromatic carbocycles. The number of para-hydroxylation sites is 2. The fraction of sp³-hybridized carbons (Fsp3) is 0.438. The first-order valence-electron chi connectivity index (χ1n) is 7.75. The highest BCUT2D eigenvalue weighted by Crippen LogP contribution is 2.29. The lowest BCUT2D eigenvalue weighted by Crippen LogP contribution is -2.48. The molecule has 1 aliphatic rings. The van der Waals surface area contributed by atoms with Crippen LogP contribution in [0.4, 0.5) is 5.69 Å². The molecular formula is C16H20N4O2S. The Balaban J connectivity index is 1.67. The normalized spacial score (nSPS) is 14.9. The van der Waals surface area contributed by atoms with E-state index in [-0.39, 0.29) is 5.91 Å². The zero-order chi connectivity index (χ0) is 16.2. The van der Waals surface area contributed by atoms with Crippen LogP contribution in [0, 0.1) is 6.92 Å². The van der Waals surface area contributed by atoms with E-state index in [4.69, 9.17) is 4.74 Å². The summed E-state index contributed by atoms with van der Waals surface area (Å²) in [7, 11) is 0. The number of anilines is 1. The van der Waals surface area contributed by atoms with Crippen molar-refractivity contribution in [3.05, 3.63) is 34.8 Å². The Hall–Kier alpha value is -2.15. The topological polar surface area (TPSA) is 58.6 Å². The van der Waals surface area contributed by atoms with E-state index < -0.39 is 0 Å². The molecule has 0 atom stereocenters. The highest BCUT2D eigenvalue weighted by Gasteiger charge is 2.26. The molecule has 1 saturated heterocycles. The maximum absolute atomic E-state index is 12.5. The van der Waals surface area contributed by atoms with Crippen molar-refractivity contribution in [2.24, 2.45) is 0 Å². The number of hydrogen-bond acceptors (Lipinski definition) is 6. The third-order valence-corrected chi connectivity index (χ3v) is 4.73. The second kappa shape index (κ2) is 6.95. The summed E-state index contributed by atoms with van der Waals surface area (Å²) in [6.45, 7) is 7.42. The molecule has 0 spiro atoms.